The SMILES string of the molecule is COC1=C(O)C=CC(OC)(c2ccc(O)cc2)C1. The molecule has 1 aliphatic carbocycles. The molecule has 18 heavy (non-hydrogen) atoms. The highest BCUT2D eigenvalue weighted by Gasteiger charge is 2.34. The van der Waals surface area contributed by atoms with Crippen LogP contribution in [0, 0.1) is 0 Å². The number of hydrogen-bond donors (Lipinski definition) is 2. The first-order valence-electron chi connectivity index (χ1n) is 5.61. The molecule has 0 amide bonds. The maximum atomic E-state index is 9.66. The van der Waals surface area contributed by atoms with Crippen LogP contribution in [0.15, 0.2) is 47.9 Å². The van der Waals surface area contributed by atoms with E-state index in [0.717, 1.165) is 5.56 Å². The van der Waals surface area contributed by atoms with Crippen LogP contribution < -0.4 is 0 Å². The number of phenols is 1. The van der Waals surface area contributed by atoms with Crippen LogP contribution in [0.4, 0.5) is 0 Å². The summed E-state index contributed by atoms with van der Waals surface area (Å²) in [6.07, 6.45) is 3.77. The highest BCUT2D eigenvalue weighted by atomic mass is 16.5. The zero-order valence-electron chi connectivity index (χ0n) is 10.4. The summed E-state index contributed by atoms with van der Waals surface area (Å²) < 4.78 is 10.7. The molecule has 0 radical (unpaired) electrons. The lowest BCUT2D eigenvalue weighted by atomic mass is 9.86. The van der Waals surface area contributed by atoms with Gasteiger partial charge in [0.1, 0.15) is 17.1 Å². The van der Waals surface area contributed by atoms with Gasteiger partial charge in [-0.05, 0) is 29.8 Å². The zero-order valence-corrected chi connectivity index (χ0v) is 10.4. The van der Waals surface area contributed by atoms with E-state index in [1.807, 2.05) is 0 Å². The second-order valence-electron chi connectivity index (χ2n) is 4.16. The summed E-state index contributed by atoms with van der Waals surface area (Å²) in [6.45, 7) is 0. The Morgan fingerprint density at radius 1 is 1.11 bits per heavy atom. The molecule has 0 aromatic heterocycles. The van der Waals surface area contributed by atoms with Gasteiger partial charge in [-0.3, -0.25) is 0 Å². The Balaban J connectivity index is 2.40. The van der Waals surface area contributed by atoms with E-state index in [0.29, 0.717) is 12.2 Å². The summed E-state index contributed by atoms with van der Waals surface area (Å²) in [5.74, 6) is 0.798. The zero-order chi connectivity index (χ0) is 13.2. The highest BCUT2D eigenvalue weighted by Crippen LogP contribution is 2.38. The van der Waals surface area contributed by atoms with E-state index in [-0.39, 0.29) is 11.5 Å². The number of rotatable bonds is 3. The van der Waals surface area contributed by atoms with Gasteiger partial charge in [0.25, 0.3) is 0 Å². The molecule has 0 saturated heterocycles. The Morgan fingerprint density at radius 3 is 2.33 bits per heavy atom. The van der Waals surface area contributed by atoms with Crippen LogP contribution in [0.25, 0.3) is 0 Å². The largest absolute Gasteiger partial charge is 0.508 e. The molecule has 1 aliphatic rings. The van der Waals surface area contributed by atoms with Crippen LogP contribution in [0.5, 0.6) is 5.75 Å². The molecule has 2 rings (SSSR count). The van der Waals surface area contributed by atoms with Crippen molar-refractivity contribution in [2.24, 2.45) is 0 Å². The monoisotopic (exact) mass is 248 g/mol. The summed E-state index contributed by atoms with van der Waals surface area (Å²) in [5.41, 5.74) is 0.215. The molecule has 0 aliphatic heterocycles. The van der Waals surface area contributed by atoms with Crippen molar-refractivity contribution in [1.29, 1.82) is 0 Å². The molecule has 1 unspecified atom stereocenters. The van der Waals surface area contributed by atoms with Gasteiger partial charge in [-0.2, -0.15) is 0 Å². The van der Waals surface area contributed by atoms with E-state index in [2.05, 4.69) is 0 Å². The standard InChI is InChI=1S/C14H16O4/c1-17-13-9-14(18-2,8-7-12(13)16)10-3-5-11(15)6-4-10/h3-8,15-16H,9H2,1-2H3. The molecular weight excluding hydrogens is 232 g/mol. The lowest BCUT2D eigenvalue weighted by Gasteiger charge is -2.32. The molecule has 0 fully saturated rings. The van der Waals surface area contributed by atoms with Gasteiger partial charge in [0.05, 0.1) is 7.11 Å². The number of aromatic hydroxyl groups is 1. The number of hydrogen-bond acceptors (Lipinski definition) is 4. The van der Waals surface area contributed by atoms with Crippen molar-refractivity contribution < 1.29 is 19.7 Å². The number of ether oxygens (including phenoxy) is 2. The van der Waals surface area contributed by atoms with Gasteiger partial charge in [0, 0.05) is 13.5 Å². The van der Waals surface area contributed by atoms with Crippen LogP contribution in [0.3, 0.4) is 0 Å². The van der Waals surface area contributed by atoms with E-state index in [4.69, 9.17) is 9.47 Å². The van der Waals surface area contributed by atoms with Crippen LogP contribution in [-0.4, -0.2) is 24.4 Å². The fourth-order valence-corrected chi connectivity index (χ4v) is 2.07. The number of aliphatic hydroxyl groups excluding tert-OH is 1. The van der Waals surface area contributed by atoms with Gasteiger partial charge in [0.2, 0.25) is 0 Å². The second kappa shape index (κ2) is 4.74. The molecule has 4 nitrogen and oxygen atoms in total. The fraction of sp³-hybridized carbons (Fsp3) is 0.286. The van der Waals surface area contributed by atoms with Crippen molar-refractivity contribution in [3.63, 3.8) is 0 Å². The average molecular weight is 248 g/mol. The third kappa shape index (κ3) is 2.07. The quantitative estimate of drug-likeness (QED) is 0.863. The third-order valence-electron chi connectivity index (χ3n) is 3.19. The molecule has 0 heterocycles. The number of aliphatic hydroxyl groups is 1. The Bertz CT molecular complexity index is 487. The minimum absolute atomic E-state index is 0.115. The number of phenolic OH excluding ortho intramolecular Hbond substituents is 1. The molecule has 0 spiro atoms. The van der Waals surface area contributed by atoms with Crippen molar-refractivity contribution >= 4 is 0 Å². The molecule has 2 N–H and O–H groups in total. The summed E-state index contributed by atoms with van der Waals surface area (Å²) in [7, 11) is 3.12. The maximum absolute atomic E-state index is 9.66. The Hall–Kier alpha value is -1.94. The minimum Gasteiger partial charge on any atom is -0.508 e. The van der Waals surface area contributed by atoms with Crippen molar-refractivity contribution in [2.45, 2.75) is 12.0 Å². The maximum Gasteiger partial charge on any atom is 0.153 e. The van der Waals surface area contributed by atoms with E-state index >= 15 is 0 Å². The normalized spacial score (nSPS) is 23.2. The predicted octanol–water partition coefficient (Wildman–Crippen LogP) is 2.61. The van der Waals surface area contributed by atoms with Crippen molar-refractivity contribution in [2.75, 3.05) is 14.2 Å². The molecule has 1 aromatic rings. The number of benzene rings is 1. The number of allylic oxidation sites excluding steroid dienone is 1. The lowest BCUT2D eigenvalue weighted by molar-refractivity contribution is 0.0130. The highest BCUT2D eigenvalue weighted by molar-refractivity contribution is 5.38. The van der Waals surface area contributed by atoms with Gasteiger partial charge in [-0.15, -0.1) is 0 Å². The first-order valence-corrected chi connectivity index (χ1v) is 5.61. The summed E-state index contributed by atoms with van der Waals surface area (Å²) in [4.78, 5) is 0. The summed E-state index contributed by atoms with van der Waals surface area (Å²) in [5, 5.41) is 19.0. The van der Waals surface area contributed by atoms with Gasteiger partial charge in [-0.25, -0.2) is 0 Å². The Morgan fingerprint density at radius 2 is 1.78 bits per heavy atom. The molecule has 1 atom stereocenters. The molecule has 96 valence electrons. The topological polar surface area (TPSA) is 58.9 Å². The first kappa shape index (κ1) is 12.5. The van der Waals surface area contributed by atoms with Crippen molar-refractivity contribution in [3.05, 3.63) is 53.5 Å². The van der Waals surface area contributed by atoms with Gasteiger partial charge in [0.15, 0.2) is 5.76 Å². The smallest absolute Gasteiger partial charge is 0.153 e. The Labute approximate surface area is 106 Å². The van der Waals surface area contributed by atoms with Gasteiger partial charge < -0.3 is 19.7 Å². The third-order valence-corrected chi connectivity index (χ3v) is 3.19. The van der Waals surface area contributed by atoms with Crippen LogP contribution in [0.1, 0.15) is 12.0 Å². The van der Waals surface area contributed by atoms with E-state index in [9.17, 15) is 10.2 Å². The lowest BCUT2D eigenvalue weighted by Crippen LogP contribution is -2.29. The van der Waals surface area contributed by atoms with Crippen LogP contribution >= 0.6 is 0 Å². The van der Waals surface area contributed by atoms with Crippen LogP contribution in [-0.2, 0) is 15.1 Å². The summed E-state index contributed by atoms with van der Waals surface area (Å²) >= 11 is 0. The molecule has 1 aromatic carbocycles. The average Bonchev–Trinajstić information content (AvgIpc) is 2.41. The van der Waals surface area contributed by atoms with Crippen LogP contribution in [0.2, 0.25) is 0 Å². The van der Waals surface area contributed by atoms with E-state index in [1.165, 1.54) is 7.11 Å². The van der Waals surface area contributed by atoms with E-state index < -0.39 is 5.60 Å². The molecule has 0 bridgehead atoms. The Kier molecular flexibility index (Phi) is 3.30. The molecular formula is C14H16O4. The number of methoxy groups -OCH3 is 2. The van der Waals surface area contributed by atoms with E-state index in [1.54, 1.807) is 43.5 Å². The van der Waals surface area contributed by atoms with Crippen molar-refractivity contribution in [3.8, 4) is 5.75 Å². The van der Waals surface area contributed by atoms with Crippen molar-refractivity contribution in [1.82, 2.24) is 0 Å². The second-order valence-corrected chi connectivity index (χ2v) is 4.16. The van der Waals surface area contributed by atoms with Gasteiger partial charge in [-0.1, -0.05) is 12.1 Å². The molecule has 0 saturated carbocycles. The fourth-order valence-electron chi connectivity index (χ4n) is 2.07. The predicted molar refractivity (Wildman–Crippen MR) is 67.2 cm³/mol. The molecule has 4 heteroatoms. The summed E-state index contributed by atoms with van der Waals surface area (Å²) in [6, 6.07) is 6.79. The van der Waals surface area contributed by atoms with Gasteiger partial charge >= 0.3 is 0 Å². The minimum atomic E-state index is -0.675. The first-order chi connectivity index (χ1) is 8.61.